The molecule has 0 aromatic heterocycles. The van der Waals surface area contributed by atoms with Crippen LogP contribution in [0.5, 0.6) is 0 Å². The molecule has 7 nitrogen and oxygen atoms in total. The van der Waals surface area contributed by atoms with E-state index in [1.165, 1.54) is 11.1 Å². The number of morpholine rings is 1. The molecule has 0 atom stereocenters. The first-order chi connectivity index (χ1) is 9.22. The molecule has 7 heteroatoms. The predicted molar refractivity (Wildman–Crippen MR) is 67.5 cm³/mol. The first-order valence-electron chi connectivity index (χ1n) is 6.13. The van der Waals surface area contributed by atoms with Gasteiger partial charge in [0.25, 0.3) is 5.91 Å². The number of carbonyl (C=O) groups excluding carboxylic acids is 2. The van der Waals surface area contributed by atoms with Gasteiger partial charge in [-0.15, -0.1) is 0 Å². The van der Waals surface area contributed by atoms with Gasteiger partial charge in [0.15, 0.2) is 0 Å². The third-order valence-corrected chi connectivity index (χ3v) is 2.70. The molecule has 1 saturated heterocycles. The minimum atomic E-state index is -0.370. The molecule has 0 unspecified atom stereocenters. The number of hydrogen-bond donors (Lipinski definition) is 1. The second-order valence-electron chi connectivity index (χ2n) is 4.04. The maximum atomic E-state index is 12.1. The fourth-order valence-corrected chi connectivity index (χ4v) is 1.66. The zero-order valence-corrected chi connectivity index (χ0v) is 10.7. The fourth-order valence-electron chi connectivity index (χ4n) is 1.66. The lowest BCUT2D eigenvalue weighted by Crippen LogP contribution is -2.41. The van der Waals surface area contributed by atoms with Crippen LogP contribution >= 0.6 is 0 Å². The van der Waals surface area contributed by atoms with Crippen molar-refractivity contribution in [3.05, 3.63) is 11.8 Å². The topological polar surface area (TPSA) is 99.7 Å². The van der Waals surface area contributed by atoms with Crippen LogP contribution in [0.1, 0.15) is 6.42 Å². The van der Waals surface area contributed by atoms with Gasteiger partial charge in [-0.05, 0) is 13.0 Å². The van der Waals surface area contributed by atoms with Crippen molar-refractivity contribution in [1.82, 2.24) is 9.80 Å². The first-order valence-corrected chi connectivity index (χ1v) is 6.13. The van der Waals surface area contributed by atoms with Crippen LogP contribution in [-0.2, 0) is 14.3 Å². The van der Waals surface area contributed by atoms with Crippen LogP contribution in [0.4, 0.5) is 0 Å². The van der Waals surface area contributed by atoms with Crippen molar-refractivity contribution in [1.29, 1.82) is 5.26 Å². The van der Waals surface area contributed by atoms with Crippen LogP contribution in [0.2, 0.25) is 0 Å². The van der Waals surface area contributed by atoms with Gasteiger partial charge in [0.2, 0.25) is 6.41 Å². The van der Waals surface area contributed by atoms with E-state index < -0.39 is 0 Å². The molecular formula is C12H18N4O3. The van der Waals surface area contributed by atoms with Gasteiger partial charge in [0.1, 0.15) is 11.6 Å². The predicted octanol–water partition coefficient (Wildman–Crippen LogP) is -0.940. The maximum absolute atomic E-state index is 12.1. The maximum Gasteiger partial charge on any atom is 0.266 e. The Bertz CT molecular complexity index is 383. The number of hydrogen-bond acceptors (Lipinski definition) is 5. The highest BCUT2D eigenvalue weighted by Crippen LogP contribution is 2.06. The van der Waals surface area contributed by atoms with E-state index in [2.05, 4.69) is 0 Å². The van der Waals surface area contributed by atoms with Crippen molar-refractivity contribution in [2.24, 2.45) is 5.73 Å². The summed E-state index contributed by atoms with van der Waals surface area (Å²) in [5.41, 5.74) is 5.30. The van der Waals surface area contributed by atoms with Crippen LogP contribution in [-0.4, -0.2) is 61.5 Å². The average molecular weight is 266 g/mol. The summed E-state index contributed by atoms with van der Waals surface area (Å²) in [6.45, 7) is 2.69. The fraction of sp³-hybridized carbons (Fsp3) is 0.583. The van der Waals surface area contributed by atoms with E-state index in [-0.39, 0.29) is 11.5 Å². The quantitative estimate of drug-likeness (QED) is 0.380. The van der Waals surface area contributed by atoms with Crippen molar-refractivity contribution in [2.75, 3.05) is 39.4 Å². The Kier molecular flexibility index (Phi) is 6.57. The summed E-state index contributed by atoms with van der Waals surface area (Å²) in [7, 11) is 0. The molecule has 0 spiro atoms. The smallest absolute Gasteiger partial charge is 0.266 e. The van der Waals surface area contributed by atoms with Gasteiger partial charge in [-0.2, -0.15) is 5.26 Å². The molecule has 0 aliphatic carbocycles. The lowest BCUT2D eigenvalue weighted by Gasteiger charge is -2.26. The Morgan fingerprint density at radius 2 is 2.16 bits per heavy atom. The summed E-state index contributed by atoms with van der Waals surface area (Å²) in [6.07, 6.45) is 2.47. The number of ether oxygens (including phenoxy) is 1. The number of amides is 2. The van der Waals surface area contributed by atoms with Crippen molar-refractivity contribution in [2.45, 2.75) is 6.42 Å². The Morgan fingerprint density at radius 1 is 1.47 bits per heavy atom. The summed E-state index contributed by atoms with van der Waals surface area (Å²) in [5.74, 6) is -0.370. The van der Waals surface area contributed by atoms with Crippen LogP contribution in [0.3, 0.4) is 0 Å². The van der Waals surface area contributed by atoms with E-state index in [9.17, 15) is 9.59 Å². The van der Waals surface area contributed by atoms with Crippen molar-refractivity contribution in [3.8, 4) is 6.07 Å². The van der Waals surface area contributed by atoms with Crippen LogP contribution in [0, 0.1) is 11.3 Å². The lowest BCUT2D eigenvalue weighted by molar-refractivity contribution is -0.130. The van der Waals surface area contributed by atoms with Crippen molar-refractivity contribution in [3.63, 3.8) is 0 Å². The van der Waals surface area contributed by atoms with Gasteiger partial charge in [-0.25, -0.2) is 0 Å². The van der Waals surface area contributed by atoms with E-state index in [0.29, 0.717) is 52.2 Å². The van der Waals surface area contributed by atoms with E-state index in [1.54, 1.807) is 4.90 Å². The third-order valence-electron chi connectivity index (χ3n) is 2.70. The SMILES string of the molecule is N#C/C(=C/N(C=O)CCCN)C(=O)N1CCOCC1. The molecule has 2 N–H and O–H groups in total. The lowest BCUT2D eigenvalue weighted by atomic mass is 10.2. The molecule has 0 saturated carbocycles. The molecule has 0 aromatic carbocycles. The molecule has 1 aliphatic rings. The largest absolute Gasteiger partial charge is 0.378 e. The Labute approximate surface area is 112 Å². The molecule has 104 valence electrons. The summed E-state index contributed by atoms with van der Waals surface area (Å²) in [4.78, 5) is 25.7. The van der Waals surface area contributed by atoms with Gasteiger partial charge in [0.05, 0.1) is 13.2 Å². The summed E-state index contributed by atoms with van der Waals surface area (Å²) < 4.78 is 5.14. The average Bonchev–Trinajstić information content (AvgIpc) is 2.48. The minimum Gasteiger partial charge on any atom is -0.378 e. The van der Waals surface area contributed by atoms with E-state index in [4.69, 9.17) is 15.7 Å². The highest BCUT2D eigenvalue weighted by atomic mass is 16.5. The second-order valence-corrected chi connectivity index (χ2v) is 4.04. The van der Waals surface area contributed by atoms with Crippen LogP contribution < -0.4 is 5.73 Å². The summed E-state index contributed by atoms with van der Waals surface area (Å²) >= 11 is 0. The van der Waals surface area contributed by atoms with E-state index in [0.717, 1.165) is 0 Å². The highest BCUT2D eigenvalue weighted by Gasteiger charge is 2.21. The van der Waals surface area contributed by atoms with Crippen molar-refractivity contribution < 1.29 is 14.3 Å². The van der Waals surface area contributed by atoms with Crippen molar-refractivity contribution >= 4 is 12.3 Å². The summed E-state index contributed by atoms with van der Waals surface area (Å²) in [5, 5.41) is 9.03. The molecule has 1 fully saturated rings. The second kappa shape index (κ2) is 8.24. The van der Waals surface area contributed by atoms with Gasteiger partial charge < -0.3 is 20.3 Å². The van der Waals surface area contributed by atoms with Gasteiger partial charge in [-0.1, -0.05) is 0 Å². The molecular weight excluding hydrogens is 248 g/mol. The van der Waals surface area contributed by atoms with Crippen LogP contribution in [0.25, 0.3) is 0 Å². The molecule has 0 aromatic rings. The molecule has 0 radical (unpaired) electrons. The number of carbonyl (C=O) groups is 2. The Morgan fingerprint density at radius 3 is 2.68 bits per heavy atom. The Hall–Kier alpha value is -1.91. The minimum absolute atomic E-state index is 0.0500. The van der Waals surface area contributed by atoms with E-state index >= 15 is 0 Å². The molecule has 1 aliphatic heterocycles. The molecule has 1 rings (SSSR count). The molecule has 19 heavy (non-hydrogen) atoms. The highest BCUT2D eigenvalue weighted by molar-refractivity contribution is 5.97. The zero-order valence-electron chi connectivity index (χ0n) is 10.7. The third kappa shape index (κ3) is 4.69. The van der Waals surface area contributed by atoms with Gasteiger partial charge >= 0.3 is 0 Å². The number of rotatable bonds is 6. The monoisotopic (exact) mass is 266 g/mol. The molecule has 1 heterocycles. The van der Waals surface area contributed by atoms with E-state index in [1.807, 2.05) is 6.07 Å². The summed E-state index contributed by atoms with van der Waals surface area (Å²) in [6, 6.07) is 1.84. The number of nitriles is 1. The Balaban J connectivity index is 2.71. The number of nitrogens with zero attached hydrogens (tertiary/aromatic N) is 3. The first kappa shape index (κ1) is 15.1. The molecule has 0 bridgehead atoms. The van der Waals surface area contributed by atoms with Crippen LogP contribution in [0.15, 0.2) is 11.8 Å². The molecule has 2 amide bonds. The van der Waals surface area contributed by atoms with Gasteiger partial charge in [-0.3, -0.25) is 9.59 Å². The number of nitrogens with two attached hydrogens (primary N) is 1. The van der Waals surface area contributed by atoms with Gasteiger partial charge in [0, 0.05) is 25.8 Å². The zero-order chi connectivity index (χ0) is 14.1. The standard InChI is InChI=1S/C12H18N4O3/c13-2-1-3-15(10-17)9-11(8-14)12(18)16-4-6-19-7-5-16/h9-10H,1-7,13H2/b11-9-. The normalized spacial score (nSPS) is 15.8.